The number of non-ortho nitro benzene ring substituents is 1. The third kappa shape index (κ3) is 1.72. The molecule has 1 fully saturated rings. The van der Waals surface area contributed by atoms with Crippen LogP contribution in [0.5, 0.6) is 0 Å². The second-order valence-corrected chi connectivity index (χ2v) is 3.41. The first kappa shape index (κ1) is 10.2. The molecule has 0 atom stereocenters. The van der Waals surface area contributed by atoms with E-state index in [0.29, 0.717) is 17.8 Å². The number of nitro groups is 1. The van der Waals surface area contributed by atoms with Gasteiger partial charge < -0.3 is 0 Å². The van der Waals surface area contributed by atoms with Gasteiger partial charge in [-0.3, -0.25) is 25.3 Å². The molecule has 0 unspecified atom stereocenters. The van der Waals surface area contributed by atoms with E-state index in [4.69, 9.17) is 0 Å². The lowest BCUT2D eigenvalue weighted by molar-refractivity contribution is -0.384. The maximum absolute atomic E-state index is 11.2. The Morgan fingerprint density at radius 3 is 2.81 bits per heavy atom. The molecule has 0 aromatic heterocycles. The summed E-state index contributed by atoms with van der Waals surface area (Å²) in [6.07, 6.45) is 0. The fraction of sp³-hybridized carbons (Fsp3) is 0.100. The molecule has 0 saturated carbocycles. The molecule has 0 spiro atoms. The number of carbonyl (C=O) groups is 1. The predicted octanol–water partition coefficient (Wildman–Crippen LogP) is 1.00. The summed E-state index contributed by atoms with van der Waals surface area (Å²) in [7, 11) is 0. The van der Waals surface area contributed by atoms with Crippen LogP contribution in [0.3, 0.4) is 0 Å². The maximum Gasteiger partial charge on any atom is 0.271 e. The van der Waals surface area contributed by atoms with Gasteiger partial charge in [0.1, 0.15) is 0 Å². The Morgan fingerprint density at radius 1 is 1.50 bits per heavy atom. The van der Waals surface area contributed by atoms with Crippen molar-refractivity contribution in [2.24, 2.45) is 0 Å². The summed E-state index contributed by atoms with van der Waals surface area (Å²) in [5.74, 6) is -0.258. The van der Waals surface area contributed by atoms with Crippen LogP contribution in [0.1, 0.15) is 0 Å². The summed E-state index contributed by atoms with van der Waals surface area (Å²) < 4.78 is 0. The predicted molar refractivity (Wildman–Crippen MR) is 57.7 cm³/mol. The summed E-state index contributed by atoms with van der Waals surface area (Å²) in [5.41, 5.74) is 3.56. The topological polar surface area (TPSA) is 75.5 Å². The Kier molecular flexibility index (Phi) is 2.32. The molecule has 1 aromatic rings. The highest BCUT2D eigenvalue weighted by Crippen LogP contribution is 2.22. The number of rotatable bonds is 2. The molecule has 1 saturated heterocycles. The summed E-state index contributed by atoms with van der Waals surface area (Å²) in [4.78, 5) is 21.3. The van der Waals surface area contributed by atoms with Crippen molar-refractivity contribution in [3.05, 3.63) is 46.5 Å². The van der Waals surface area contributed by atoms with Crippen LogP contribution in [0.4, 0.5) is 11.4 Å². The molecule has 2 rings (SSSR count). The fourth-order valence-corrected chi connectivity index (χ4v) is 1.43. The molecule has 1 aliphatic rings. The van der Waals surface area contributed by atoms with Crippen LogP contribution in [0.2, 0.25) is 0 Å². The first-order valence-electron chi connectivity index (χ1n) is 4.58. The number of anilines is 1. The number of benzene rings is 1. The van der Waals surface area contributed by atoms with Crippen molar-refractivity contribution in [3.63, 3.8) is 0 Å². The van der Waals surface area contributed by atoms with Crippen LogP contribution in [-0.4, -0.2) is 17.4 Å². The van der Waals surface area contributed by atoms with Crippen molar-refractivity contribution in [1.82, 2.24) is 5.43 Å². The number of amides is 1. The highest BCUT2D eigenvalue weighted by Gasteiger charge is 2.23. The molecule has 1 aromatic carbocycles. The zero-order chi connectivity index (χ0) is 11.7. The average molecular weight is 219 g/mol. The van der Waals surface area contributed by atoms with Crippen molar-refractivity contribution < 1.29 is 9.72 Å². The number of nitrogens with one attached hydrogen (secondary N) is 1. The molecular formula is C10H9N3O3. The minimum Gasteiger partial charge on any atom is -0.280 e. The Balaban J connectivity index is 2.28. The number of hydrogen-bond acceptors (Lipinski definition) is 4. The zero-order valence-corrected chi connectivity index (χ0v) is 8.34. The van der Waals surface area contributed by atoms with E-state index in [1.807, 2.05) is 0 Å². The van der Waals surface area contributed by atoms with E-state index in [0.717, 1.165) is 0 Å². The molecule has 0 radical (unpaired) electrons. The largest absolute Gasteiger partial charge is 0.280 e. The summed E-state index contributed by atoms with van der Waals surface area (Å²) in [6.45, 7) is 3.91. The zero-order valence-electron chi connectivity index (χ0n) is 8.34. The molecular weight excluding hydrogens is 210 g/mol. The van der Waals surface area contributed by atoms with Gasteiger partial charge >= 0.3 is 0 Å². The van der Waals surface area contributed by atoms with E-state index in [1.54, 1.807) is 12.1 Å². The molecule has 1 aliphatic heterocycles. The second-order valence-electron chi connectivity index (χ2n) is 3.41. The van der Waals surface area contributed by atoms with Crippen LogP contribution in [0.25, 0.3) is 0 Å². The quantitative estimate of drug-likeness (QED) is 0.457. The van der Waals surface area contributed by atoms with Gasteiger partial charge in [0.15, 0.2) is 0 Å². The molecule has 1 amide bonds. The normalized spacial score (nSPS) is 15.1. The third-order valence-corrected chi connectivity index (χ3v) is 2.26. The van der Waals surface area contributed by atoms with E-state index in [-0.39, 0.29) is 11.6 Å². The van der Waals surface area contributed by atoms with Gasteiger partial charge in [0.05, 0.1) is 17.2 Å². The minimum absolute atomic E-state index is 0.00994. The summed E-state index contributed by atoms with van der Waals surface area (Å²) >= 11 is 0. The van der Waals surface area contributed by atoms with Crippen molar-refractivity contribution in [1.29, 1.82) is 0 Å². The van der Waals surface area contributed by atoms with E-state index in [1.165, 1.54) is 17.1 Å². The molecule has 1 heterocycles. The van der Waals surface area contributed by atoms with Gasteiger partial charge in [0.2, 0.25) is 0 Å². The minimum atomic E-state index is -0.476. The smallest absolute Gasteiger partial charge is 0.271 e. The van der Waals surface area contributed by atoms with E-state index in [9.17, 15) is 14.9 Å². The van der Waals surface area contributed by atoms with Gasteiger partial charge in [0, 0.05) is 17.7 Å². The Labute approximate surface area is 91.3 Å². The van der Waals surface area contributed by atoms with Crippen LogP contribution in [0, 0.1) is 10.1 Å². The molecule has 1 N–H and O–H groups in total. The highest BCUT2D eigenvalue weighted by molar-refractivity contribution is 5.97. The van der Waals surface area contributed by atoms with Crippen LogP contribution in [-0.2, 0) is 4.79 Å². The second kappa shape index (κ2) is 3.65. The maximum atomic E-state index is 11.2. The van der Waals surface area contributed by atoms with E-state index >= 15 is 0 Å². The van der Waals surface area contributed by atoms with Crippen LogP contribution in [0.15, 0.2) is 36.4 Å². The molecule has 0 bridgehead atoms. The van der Waals surface area contributed by atoms with Crippen LogP contribution < -0.4 is 10.4 Å². The Morgan fingerprint density at radius 2 is 2.25 bits per heavy atom. The lowest BCUT2D eigenvalue weighted by atomic mass is 10.2. The van der Waals surface area contributed by atoms with E-state index < -0.39 is 4.92 Å². The first-order chi connectivity index (χ1) is 7.58. The van der Waals surface area contributed by atoms with Gasteiger partial charge in [-0.15, -0.1) is 0 Å². The number of nitro benzene ring substituents is 1. The number of carbonyl (C=O) groups excluding carboxylic acids is 1. The van der Waals surface area contributed by atoms with Gasteiger partial charge in [-0.25, -0.2) is 0 Å². The van der Waals surface area contributed by atoms with Crippen molar-refractivity contribution in [2.75, 3.05) is 11.6 Å². The average Bonchev–Trinajstić information content (AvgIpc) is 2.59. The summed E-state index contributed by atoms with van der Waals surface area (Å²) in [6, 6.07) is 6.06. The number of hydrazine groups is 1. The lowest BCUT2D eigenvalue weighted by Gasteiger charge is -2.16. The molecule has 0 aliphatic carbocycles. The van der Waals surface area contributed by atoms with Crippen molar-refractivity contribution >= 4 is 17.3 Å². The number of nitrogens with zero attached hydrogens (tertiary/aromatic N) is 2. The van der Waals surface area contributed by atoms with Crippen molar-refractivity contribution in [2.45, 2.75) is 0 Å². The van der Waals surface area contributed by atoms with Gasteiger partial charge in [-0.1, -0.05) is 12.6 Å². The lowest BCUT2D eigenvalue weighted by Crippen LogP contribution is -2.32. The van der Waals surface area contributed by atoms with Crippen molar-refractivity contribution in [3.8, 4) is 0 Å². The SMILES string of the molecule is C=C1CN(c2cccc([N+](=O)[O-])c2)NC1=O. The monoisotopic (exact) mass is 219 g/mol. The molecule has 82 valence electrons. The number of hydrogen-bond donors (Lipinski definition) is 1. The molecule has 6 nitrogen and oxygen atoms in total. The highest BCUT2D eigenvalue weighted by atomic mass is 16.6. The Bertz CT molecular complexity index is 468. The Hall–Kier alpha value is -2.37. The first-order valence-corrected chi connectivity index (χ1v) is 4.58. The third-order valence-electron chi connectivity index (χ3n) is 2.26. The molecule has 6 heteroatoms. The fourth-order valence-electron chi connectivity index (χ4n) is 1.43. The summed E-state index contributed by atoms with van der Waals surface area (Å²) in [5, 5.41) is 12.1. The standard InChI is InChI=1S/C10H9N3O3/c1-7-6-12(11-10(7)14)8-3-2-4-9(5-8)13(15)16/h2-5H,1,6H2,(H,11,14). The molecule has 16 heavy (non-hydrogen) atoms. The van der Waals surface area contributed by atoms with Gasteiger partial charge in [-0.2, -0.15) is 0 Å². The van der Waals surface area contributed by atoms with Crippen LogP contribution >= 0.6 is 0 Å². The van der Waals surface area contributed by atoms with Gasteiger partial charge in [-0.05, 0) is 6.07 Å². The van der Waals surface area contributed by atoms with E-state index in [2.05, 4.69) is 12.0 Å². The van der Waals surface area contributed by atoms with Gasteiger partial charge in [0.25, 0.3) is 11.6 Å².